The van der Waals surface area contributed by atoms with Crippen LogP contribution in [0.15, 0.2) is 42.0 Å². The quantitative estimate of drug-likeness (QED) is 0.392. The van der Waals surface area contributed by atoms with E-state index >= 15 is 0 Å². The number of epoxide rings is 1. The summed E-state index contributed by atoms with van der Waals surface area (Å²) in [5.41, 5.74) is 2.13. The second kappa shape index (κ2) is 6.77. The molecule has 1 nitrogen and oxygen atoms in total. The van der Waals surface area contributed by atoms with Gasteiger partial charge in [-0.05, 0) is 31.4 Å². The lowest BCUT2D eigenvalue weighted by molar-refractivity contribution is 0.320. The Balaban J connectivity index is 1.93. The maximum Gasteiger partial charge on any atom is 0.121 e. The van der Waals surface area contributed by atoms with Crippen molar-refractivity contribution in [3.8, 4) is 12.3 Å². The lowest BCUT2D eigenvalue weighted by atomic mass is 9.95. The molecule has 1 aliphatic heterocycles. The number of ether oxygens (including phenoxy) is 1. The first-order chi connectivity index (χ1) is 9.70. The predicted octanol–water partition coefficient (Wildman–Crippen LogP) is 4.83. The number of unbranched alkanes of at least 4 members (excludes halogenated alkanes) is 3. The van der Waals surface area contributed by atoms with Gasteiger partial charge in [0.15, 0.2) is 0 Å². The molecule has 106 valence electrons. The molecule has 1 saturated heterocycles. The monoisotopic (exact) mass is 268 g/mol. The Kier molecular flexibility index (Phi) is 5.04. The number of hydrogen-bond acceptors (Lipinski definition) is 1. The van der Waals surface area contributed by atoms with Crippen molar-refractivity contribution < 1.29 is 4.74 Å². The lowest BCUT2D eigenvalue weighted by Gasteiger charge is -2.05. The van der Waals surface area contributed by atoms with Crippen molar-refractivity contribution in [2.75, 3.05) is 0 Å². The molecule has 0 amide bonds. The summed E-state index contributed by atoms with van der Waals surface area (Å²) in [5, 5.41) is 0. The van der Waals surface area contributed by atoms with Gasteiger partial charge < -0.3 is 4.74 Å². The van der Waals surface area contributed by atoms with Crippen LogP contribution < -0.4 is 0 Å². The van der Waals surface area contributed by atoms with Crippen molar-refractivity contribution in [3.63, 3.8) is 0 Å². The lowest BCUT2D eigenvalue weighted by Crippen LogP contribution is -2.06. The summed E-state index contributed by atoms with van der Waals surface area (Å²) < 4.78 is 5.88. The van der Waals surface area contributed by atoms with Crippen molar-refractivity contribution in [1.29, 1.82) is 0 Å². The zero-order valence-corrected chi connectivity index (χ0v) is 12.6. The third-order valence-corrected chi connectivity index (χ3v) is 4.04. The van der Waals surface area contributed by atoms with Gasteiger partial charge in [0.1, 0.15) is 11.7 Å². The van der Waals surface area contributed by atoms with Gasteiger partial charge in [0.25, 0.3) is 0 Å². The van der Waals surface area contributed by atoms with Gasteiger partial charge in [-0.1, -0.05) is 62.4 Å². The van der Waals surface area contributed by atoms with E-state index in [-0.39, 0.29) is 11.7 Å². The van der Waals surface area contributed by atoms with E-state index in [4.69, 9.17) is 11.2 Å². The largest absolute Gasteiger partial charge is 0.357 e. The number of allylic oxidation sites excluding steroid dienone is 1. The molecule has 0 radical (unpaired) electrons. The van der Waals surface area contributed by atoms with Crippen LogP contribution in [0.2, 0.25) is 0 Å². The van der Waals surface area contributed by atoms with Crippen LogP contribution in [0.5, 0.6) is 0 Å². The first-order valence-electron chi connectivity index (χ1n) is 7.61. The van der Waals surface area contributed by atoms with Gasteiger partial charge in [0.05, 0.1) is 0 Å². The number of hydrogen-bond donors (Lipinski definition) is 0. The Morgan fingerprint density at radius 2 is 2.05 bits per heavy atom. The van der Waals surface area contributed by atoms with E-state index in [1.54, 1.807) is 0 Å². The van der Waals surface area contributed by atoms with Gasteiger partial charge in [0.2, 0.25) is 0 Å². The molecule has 1 heterocycles. The molecule has 0 bridgehead atoms. The fourth-order valence-electron chi connectivity index (χ4n) is 2.55. The topological polar surface area (TPSA) is 12.5 Å². The van der Waals surface area contributed by atoms with Crippen LogP contribution in [0.3, 0.4) is 0 Å². The Morgan fingerprint density at radius 1 is 1.30 bits per heavy atom. The molecule has 0 unspecified atom stereocenters. The second-order valence-electron chi connectivity index (χ2n) is 5.66. The van der Waals surface area contributed by atoms with Crippen molar-refractivity contribution >= 4 is 0 Å². The highest BCUT2D eigenvalue weighted by atomic mass is 16.6. The molecule has 0 aliphatic carbocycles. The minimum Gasteiger partial charge on any atom is -0.357 e. The van der Waals surface area contributed by atoms with Gasteiger partial charge in [-0.15, -0.1) is 6.42 Å². The maximum atomic E-state index is 5.88. The van der Waals surface area contributed by atoms with Crippen LogP contribution in [-0.2, 0) is 10.3 Å². The molecule has 0 aromatic heterocycles. The Bertz CT molecular complexity index is 494. The fourth-order valence-corrected chi connectivity index (χ4v) is 2.55. The molecule has 1 aliphatic rings. The molecule has 0 saturated carbocycles. The van der Waals surface area contributed by atoms with E-state index in [9.17, 15) is 0 Å². The summed E-state index contributed by atoms with van der Waals surface area (Å²) in [7, 11) is 0. The highest BCUT2D eigenvalue weighted by molar-refractivity contribution is 5.35. The standard InChI is InChI=1S/C19H24O/c1-4-6-7-9-12-16(5-2)15-18-19(3,20-18)17-13-10-8-11-14-17/h2,8,10-11,13-15,18H,4,6-7,9,12H2,1,3H3/b16-15+/t18-,19-/m0/s1. The molecule has 1 aromatic rings. The summed E-state index contributed by atoms with van der Waals surface area (Å²) in [6.45, 7) is 4.36. The fraction of sp³-hybridized carbons (Fsp3) is 0.474. The first kappa shape index (κ1) is 14.9. The van der Waals surface area contributed by atoms with Crippen LogP contribution >= 0.6 is 0 Å². The van der Waals surface area contributed by atoms with Gasteiger partial charge in [0, 0.05) is 5.57 Å². The number of rotatable bonds is 7. The molecule has 0 N–H and O–H groups in total. The molecule has 0 spiro atoms. The average Bonchev–Trinajstić information content (AvgIpc) is 3.15. The van der Waals surface area contributed by atoms with Crippen molar-refractivity contribution in [1.82, 2.24) is 0 Å². The van der Waals surface area contributed by atoms with E-state index in [1.807, 2.05) is 6.07 Å². The molecular weight excluding hydrogens is 244 g/mol. The van der Waals surface area contributed by atoms with Crippen LogP contribution in [0, 0.1) is 12.3 Å². The minimum absolute atomic E-state index is 0.127. The van der Waals surface area contributed by atoms with E-state index in [2.05, 4.69) is 50.1 Å². The van der Waals surface area contributed by atoms with E-state index in [1.165, 1.54) is 31.2 Å². The first-order valence-corrected chi connectivity index (χ1v) is 7.61. The summed E-state index contributed by atoms with van der Waals surface area (Å²) >= 11 is 0. The zero-order valence-electron chi connectivity index (χ0n) is 12.6. The molecule has 1 fully saturated rings. The average molecular weight is 268 g/mol. The summed E-state index contributed by atoms with van der Waals surface area (Å²) in [6, 6.07) is 10.4. The Labute approximate surface area is 123 Å². The van der Waals surface area contributed by atoms with Crippen LogP contribution in [0.4, 0.5) is 0 Å². The highest BCUT2D eigenvalue weighted by Gasteiger charge is 2.52. The molecule has 2 atom stereocenters. The van der Waals surface area contributed by atoms with Gasteiger partial charge in [-0.25, -0.2) is 0 Å². The number of benzene rings is 1. The maximum absolute atomic E-state index is 5.88. The van der Waals surface area contributed by atoms with Crippen LogP contribution in [-0.4, -0.2) is 6.10 Å². The van der Waals surface area contributed by atoms with Gasteiger partial charge in [-0.3, -0.25) is 0 Å². The third kappa shape index (κ3) is 3.52. The number of terminal acetylenes is 1. The summed E-state index contributed by atoms with van der Waals surface area (Å²) in [6.07, 6.45) is 13.9. The highest BCUT2D eigenvalue weighted by Crippen LogP contribution is 2.47. The second-order valence-corrected chi connectivity index (χ2v) is 5.66. The zero-order chi connectivity index (χ0) is 14.4. The van der Waals surface area contributed by atoms with E-state index < -0.39 is 0 Å². The minimum atomic E-state index is -0.188. The molecule has 2 rings (SSSR count). The van der Waals surface area contributed by atoms with Crippen LogP contribution in [0.1, 0.15) is 51.5 Å². The summed E-state index contributed by atoms with van der Waals surface area (Å²) in [5.74, 6) is 2.82. The van der Waals surface area contributed by atoms with Crippen LogP contribution in [0.25, 0.3) is 0 Å². The third-order valence-electron chi connectivity index (χ3n) is 4.04. The smallest absolute Gasteiger partial charge is 0.121 e. The SMILES string of the molecule is C#C/C(=C\[C@@H]1O[C@@]1(C)c1ccccc1)CCCCCC. The Morgan fingerprint density at radius 3 is 2.70 bits per heavy atom. The molecule has 1 heteroatoms. The summed E-state index contributed by atoms with van der Waals surface area (Å²) in [4.78, 5) is 0. The van der Waals surface area contributed by atoms with Crippen molar-refractivity contribution in [2.24, 2.45) is 0 Å². The molecular formula is C19H24O. The van der Waals surface area contributed by atoms with Crippen molar-refractivity contribution in [2.45, 2.75) is 57.7 Å². The predicted molar refractivity (Wildman–Crippen MR) is 84.3 cm³/mol. The van der Waals surface area contributed by atoms with Gasteiger partial charge in [-0.2, -0.15) is 0 Å². The molecule has 20 heavy (non-hydrogen) atoms. The van der Waals surface area contributed by atoms with E-state index in [0.717, 1.165) is 12.0 Å². The molecule has 1 aromatic carbocycles. The van der Waals surface area contributed by atoms with Gasteiger partial charge >= 0.3 is 0 Å². The normalized spacial score (nSPS) is 25.2. The Hall–Kier alpha value is -1.52. The van der Waals surface area contributed by atoms with Crippen molar-refractivity contribution in [3.05, 3.63) is 47.5 Å². The van der Waals surface area contributed by atoms with E-state index in [0.29, 0.717) is 0 Å².